The molecule has 7 heteroatoms. The number of nitro groups is 1. The van der Waals surface area contributed by atoms with Crippen LogP contribution < -0.4 is 5.32 Å². The van der Waals surface area contributed by atoms with Crippen molar-refractivity contribution in [2.75, 3.05) is 5.32 Å². The molecule has 102 valence electrons. The molecule has 0 aliphatic heterocycles. The van der Waals surface area contributed by atoms with Gasteiger partial charge in [0, 0.05) is 17.8 Å². The fourth-order valence-electron chi connectivity index (χ4n) is 1.62. The molecule has 0 fully saturated rings. The van der Waals surface area contributed by atoms with Crippen LogP contribution in [0.5, 0.6) is 5.75 Å². The third kappa shape index (κ3) is 2.94. The van der Waals surface area contributed by atoms with Gasteiger partial charge in [0.15, 0.2) is 0 Å². The van der Waals surface area contributed by atoms with E-state index in [1.807, 2.05) is 0 Å². The van der Waals surface area contributed by atoms with Crippen LogP contribution in [0.25, 0.3) is 0 Å². The Labute approximate surface area is 122 Å². The minimum Gasteiger partial charge on any atom is -0.508 e. The van der Waals surface area contributed by atoms with E-state index in [-0.39, 0.29) is 21.5 Å². The predicted molar refractivity (Wildman–Crippen MR) is 76.9 cm³/mol. The molecular formula is C13H9BrN2O4. The molecule has 20 heavy (non-hydrogen) atoms. The maximum atomic E-state index is 12.1. The number of nitro benzene ring substituents is 1. The number of amides is 1. The van der Waals surface area contributed by atoms with Crippen LogP contribution in [0.15, 0.2) is 46.9 Å². The maximum Gasteiger partial charge on any atom is 0.284 e. The molecule has 0 unspecified atom stereocenters. The lowest BCUT2D eigenvalue weighted by Gasteiger charge is -2.07. The van der Waals surface area contributed by atoms with Gasteiger partial charge in [0.25, 0.3) is 11.6 Å². The third-order valence-corrected chi connectivity index (χ3v) is 3.36. The Morgan fingerprint density at radius 1 is 1.25 bits per heavy atom. The summed E-state index contributed by atoms with van der Waals surface area (Å²) in [4.78, 5) is 22.3. The Morgan fingerprint density at radius 3 is 2.60 bits per heavy atom. The van der Waals surface area contributed by atoms with Crippen molar-refractivity contribution in [1.29, 1.82) is 0 Å². The average molecular weight is 337 g/mol. The SMILES string of the molecule is O=C(Nc1cccc(O)c1)c1cccc([N+](=O)[O-])c1Br. The Kier molecular flexibility index (Phi) is 3.99. The molecule has 1 amide bonds. The van der Waals surface area contributed by atoms with Crippen LogP contribution in [-0.2, 0) is 0 Å². The molecule has 2 rings (SSSR count). The van der Waals surface area contributed by atoms with Gasteiger partial charge in [0.1, 0.15) is 10.2 Å². The second-order valence-electron chi connectivity index (χ2n) is 3.90. The molecule has 0 aliphatic carbocycles. The second-order valence-corrected chi connectivity index (χ2v) is 4.69. The van der Waals surface area contributed by atoms with Gasteiger partial charge in [0.2, 0.25) is 0 Å². The molecular weight excluding hydrogens is 328 g/mol. The number of carbonyl (C=O) groups excluding carboxylic acids is 1. The molecule has 2 aromatic rings. The molecule has 0 aliphatic rings. The van der Waals surface area contributed by atoms with E-state index in [4.69, 9.17) is 0 Å². The highest BCUT2D eigenvalue weighted by Crippen LogP contribution is 2.29. The first-order valence-corrected chi connectivity index (χ1v) is 6.31. The number of hydrogen-bond acceptors (Lipinski definition) is 4. The minimum absolute atomic E-state index is 0.0147. The fourth-order valence-corrected chi connectivity index (χ4v) is 2.21. The number of benzene rings is 2. The zero-order chi connectivity index (χ0) is 14.7. The Morgan fingerprint density at radius 2 is 1.95 bits per heavy atom. The number of halogens is 1. The van der Waals surface area contributed by atoms with E-state index in [2.05, 4.69) is 21.2 Å². The number of nitrogens with zero attached hydrogens (tertiary/aromatic N) is 1. The third-order valence-electron chi connectivity index (χ3n) is 2.52. The van der Waals surface area contributed by atoms with Gasteiger partial charge in [-0.1, -0.05) is 12.1 Å². The molecule has 0 saturated heterocycles. The highest BCUT2D eigenvalue weighted by molar-refractivity contribution is 9.10. The van der Waals surface area contributed by atoms with Crippen molar-refractivity contribution in [2.45, 2.75) is 0 Å². The van der Waals surface area contributed by atoms with Gasteiger partial charge >= 0.3 is 0 Å². The lowest BCUT2D eigenvalue weighted by atomic mass is 10.2. The standard InChI is InChI=1S/C13H9BrN2O4/c14-12-10(5-2-6-11(12)16(19)20)13(18)15-8-3-1-4-9(17)7-8/h1-7,17H,(H,15,18). The minimum atomic E-state index is -0.574. The van der Waals surface area contributed by atoms with E-state index >= 15 is 0 Å². The average Bonchev–Trinajstić information content (AvgIpc) is 2.38. The Bertz CT molecular complexity index is 688. The van der Waals surface area contributed by atoms with E-state index in [9.17, 15) is 20.0 Å². The van der Waals surface area contributed by atoms with Gasteiger partial charge in [-0.2, -0.15) is 0 Å². The lowest BCUT2D eigenvalue weighted by molar-refractivity contribution is -0.385. The van der Waals surface area contributed by atoms with Crippen molar-refractivity contribution in [3.05, 3.63) is 62.6 Å². The summed E-state index contributed by atoms with van der Waals surface area (Å²) in [6.07, 6.45) is 0. The van der Waals surface area contributed by atoms with Crippen molar-refractivity contribution in [3.63, 3.8) is 0 Å². The number of rotatable bonds is 3. The summed E-state index contributed by atoms with van der Waals surface area (Å²) < 4.78 is 0.114. The number of aromatic hydroxyl groups is 1. The molecule has 0 spiro atoms. The first kappa shape index (κ1) is 14.0. The molecule has 0 heterocycles. The zero-order valence-corrected chi connectivity index (χ0v) is 11.6. The molecule has 0 bridgehead atoms. The summed E-state index contributed by atoms with van der Waals surface area (Å²) in [7, 11) is 0. The highest BCUT2D eigenvalue weighted by Gasteiger charge is 2.19. The van der Waals surface area contributed by atoms with Crippen LogP contribution in [0.4, 0.5) is 11.4 Å². The van der Waals surface area contributed by atoms with Gasteiger partial charge in [-0.15, -0.1) is 0 Å². The highest BCUT2D eigenvalue weighted by atomic mass is 79.9. The van der Waals surface area contributed by atoms with Crippen molar-refractivity contribution >= 4 is 33.2 Å². The summed E-state index contributed by atoms with van der Waals surface area (Å²) in [5.74, 6) is -0.493. The molecule has 0 atom stereocenters. The largest absolute Gasteiger partial charge is 0.508 e. The lowest BCUT2D eigenvalue weighted by Crippen LogP contribution is -2.13. The van der Waals surface area contributed by atoms with E-state index in [1.165, 1.54) is 30.3 Å². The van der Waals surface area contributed by atoms with Gasteiger partial charge in [0.05, 0.1) is 10.5 Å². The quantitative estimate of drug-likeness (QED) is 0.664. The van der Waals surface area contributed by atoms with Crippen LogP contribution in [0.1, 0.15) is 10.4 Å². The number of carbonyl (C=O) groups is 1. The van der Waals surface area contributed by atoms with Crippen molar-refractivity contribution < 1.29 is 14.8 Å². The number of hydrogen-bond donors (Lipinski definition) is 2. The number of nitrogens with one attached hydrogen (secondary N) is 1. The van der Waals surface area contributed by atoms with Crippen molar-refractivity contribution in [3.8, 4) is 5.75 Å². The molecule has 2 N–H and O–H groups in total. The Hall–Kier alpha value is -2.41. The van der Waals surface area contributed by atoms with Crippen LogP contribution in [0.2, 0.25) is 0 Å². The second kappa shape index (κ2) is 5.70. The van der Waals surface area contributed by atoms with E-state index in [1.54, 1.807) is 12.1 Å². The van der Waals surface area contributed by atoms with E-state index < -0.39 is 10.8 Å². The fraction of sp³-hybridized carbons (Fsp3) is 0. The summed E-state index contributed by atoms with van der Waals surface area (Å²) >= 11 is 3.06. The van der Waals surface area contributed by atoms with E-state index in [0.29, 0.717) is 5.69 Å². The monoisotopic (exact) mass is 336 g/mol. The van der Waals surface area contributed by atoms with E-state index in [0.717, 1.165) is 0 Å². The van der Waals surface area contributed by atoms with Crippen LogP contribution in [0.3, 0.4) is 0 Å². The van der Waals surface area contributed by atoms with Crippen LogP contribution >= 0.6 is 15.9 Å². The molecule has 6 nitrogen and oxygen atoms in total. The van der Waals surface area contributed by atoms with Crippen molar-refractivity contribution in [2.24, 2.45) is 0 Å². The number of phenols is 1. The summed E-state index contributed by atoms with van der Waals surface area (Å²) in [5, 5.41) is 22.7. The first-order valence-electron chi connectivity index (χ1n) is 5.52. The first-order chi connectivity index (χ1) is 9.49. The smallest absolute Gasteiger partial charge is 0.284 e. The normalized spacial score (nSPS) is 10.1. The number of phenolic OH excluding ortho intramolecular Hbond substituents is 1. The molecule has 0 saturated carbocycles. The molecule has 2 aromatic carbocycles. The van der Waals surface area contributed by atoms with Gasteiger partial charge in [-0.3, -0.25) is 14.9 Å². The summed E-state index contributed by atoms with van der Waals surface area (Å²) in [6, 6.07) is 10.2. The predicted octanol–water partition coefficient (Wildman–Crippen LogP) is 3.32. The van der Waals surface area contributed by atoms with Crippen LogP contribution in [0, 0.1) is 10.1 Å². The van der Waals surface area contributed by atoms with Gasteiger partial charge < -0.3 is 10.4 Å². The Balaban J connectivity index is 2.30. The van der Waals surface area contributed by atoms with Gasteiger partial charge in [-0.05, 0) is 34.1 Å². The molecule has 0 aromatic heterocycles. The van der Waals surface area contributed by atoms with Gasteiger partial charge in [-0.25, -0.2) is 0 Å². The molecule has 0 radical (unpaired) electrons. The van der Waals surface area contributed by atoms with Crippen LogP contribution in [-0.4, -0.2) is 15.9 Å². The topological polar surface area (TPSA) is 92.5 Å². The summed E-state index contributed by atoms with van der Waals surface area (Å²) in [5.41, 5.74) is 0.351. The maximum absolute atomic E-state index is 12.1. The van der Waals surface area contributed by atoms with Crippen molar-refractivity contribution in [1.82, 2.24) is 0 Å². The summed E-state index contributed by atoms with van der Waals surface area (Å²) in [6.45, 7) is 0. The number of anilines is 1. The zero-order valence-electron chi connectivity index (χ0n) is 10.0.